The maximum Gasteiger partial charge on any atom is 0.0748 e. The smallest absolute Gasteiger partial charge is 0.0748 e. The third-order valence-electron chi connectivity index (χ3n) is 4.77. The molecule has 1 N–H and O–H groups in total. The monoisotopic (exact) mass is 283 g/mol. The quantitative estimate of drug-likeness (QED) is 0.909. The van der Waals surface area contributed by atoms with Crippen LogP contribution in [-0.2, 0) is 13.5 Å². The Morgan fingerprint density at radius 3 is 2.67 bits per heavy atom. The van der Waals surface area contributed by atoms with E-state index in [-0.39, 0.29) is 6.04 Å². The van der Waals surface area contributed by atoms with Crippen LogP contribution in [0.1, 0.15) is 60.7 Å². The highest BCUT2D eigenvalue weighted by Gasteiger charge is 2.26. The molecule has 1 aliphatic rings. The molecule has 1 unspecified atom stereocenters. The summed E-state index contributed by atoms with van der Waals surface area (Å²) in [5.74, 6) is 0.746. The van der Waals surface area contributed by atoms with Crippen LogP contribution in [0.15, 0.2) is 30.3 Å². The van der Waals surface area contributed by atoms with E-state index in [2.05, 4.69) is 47.7 Å². The Kier molecular flexibility index (Phi) is 4.11. The Morgan fingerprint density at radius 2 is 2.10 bits per heavy atom. The predicted octanol–water partition coefficient (Wildman–Crippen LogP) is 3.56. The highest BCUT2D eigenvalue weighted by Crippen LogP contribution is 2.40. The summed E-state index contributed by atoms with van der Waals surface area (Å²) in [6.45, 7) is 2.16. The lowest BCUT2D eigenvalue weighted by Crippen LogP contribution is -2.23. The first-order chi connectivity index (χ1) is 10.2. The summed E-state index contributed by atoms with van der Waals surface area (Å²) in [4.78, 5) is 0. The Labute approximate surface area is 127 Å². The Morgan fingerprint density at radius 1 is 1.33 bits per heavy atom. The first-order valence-corrected chi connectivity index (χ1v) is 8.03. The van der Waals surface area contributed by atoms with E-state index in [9.17, 15) is 0 Å². The van der Waals surface area contributed by atoms with Crippen LogP contribution in [0.5, 0.6) is 0 Å². The van der Waals surface area contributed by atoms with Crippen LogP contribution in [-0.4, -0.2) is 16.8 Å². The average Bonchev–Trinajstić information content (AvgIpc) is 2.81. The van der Waals surface area contributed by atoms with Crippen LogP contribution in [0.4, 0.5) is 0 Å². The summed E-state index contributed by atoms with van der Waals surface area (Å²) in [5.41, 5.74) is 5.34. The minimum absolute atomic E-state index is 0.222. The van der Waals surface area contributed by atoms with Gasteiger partial charge in [-0.3, -0.25) is 4.68 Å². The number of benzene rings is 1. The summed E-state index contributed by atoms with van der Waals surface area (Å²) in [7, 11) is 4.09. The van der Waals surface area contributed by atoms with Crippen LogP contribution in [0.25, 0.3) is 0 Å². The number of aryl methyl sites for hydroxylation is 2. The van der Waals surface area contributed by atoms with Gasteiger partial charge in [-0.05, 0) is 49.4 Å². The Balaban J connectivity index is 2.01. The third-order valence-corrected chi connectivity index (χ3v) is 4.77. The lowest BCUT2D eigenvalue weighted by molar-refractivity contribution is 0.414. The second-order valence-corrected chi connectivity index (χ2v) is 6.02. The van der Waals surface area contributed by atoms with Crippen molar-refractivity contribution in [1.29, 1.82) is 0 Å². The summed E-state index contributed by atoms with van der Waals surface area (Å²) >= 11 is 0. The maximum atomic E-state index is 4.61. The predicted molar refractivity (Wildman–Crippen MR) is 86.5 cm³/mol. The van der Waals surface area contributed by atoms with Crippen LogP contribution in [0, 0.1) is 0 Å². The van der Waals surface area contributed by atoms with Crippen LogP contribution in [0.2, 0.25) is 0 Å². The number of rotatable bonds is 5. The Bertz CT molecular complexity index is 611. The van der Waals surface area contributed by atoms with Gasteiger partial charge in [0.25, 0.3) is 0 Å². The van der Waals surface area contributed by atoms with E-state index in [0.29, 0.717) is 0 Å². The van der Waals surface area contributed by atoms with Gasteiger partial charge in [0.1, 0.15) is 0 Å². The van der Waals surface area contributed by atoms with Gasteiger partial charge in [-0.15, -0.1) is 0 Å². The Hall–Kier alpha value is -1.61. The largest absolute Gasteiger partial charge is 0.308 e. The molecule has 0 spiro atoms. The molecule has 1 aromatic heterocycles. The third kappa shape index (κ3) is 2.62. The fourth-order valence-corrected chi connectivity index (χ4v) is 3.31. The van der Waals surface area contributed by atoms with E-state index in [4.69, 9.17) is 0 Å². The molecule has 1 aromatic carbocycles. The van der Waals surface area contributed by atoms with Crippen molar-refractivity contribution in [2.45, 2.75) is 44.6 Å². The second kappa shape index (κ2) is 6.02. The molecule has 0 amide bonds. The van der Waals surface area contributed by atoms with E-state index in [1.165, 1.54) is 36.1 Å². The minimum atomic E-state index is 0.222. The molecule has 112 valence electrons. The maximum absolute atomic E-state index is 4.61. The zero-order chi connectivity index (χ0) is 14.8. The average molecular weight is 283 g/mol. The molecule has 21 heavy (non-hydrogen) atoms. The van der Waals surface area contributed by atoms with Crippen LogP contribution in [0.3, 0.4) is 0 Å². The van der Waals surface area contributed by atoms with E-state index in [1.807, 2.05) is 18.8 Å². The zero-order valence-corrected chi connectivity index (χ0v) is 13.3. The van der Waals surface area contributed by atoms with Crippen LogP contribution < -0.4 is 5.32 Å². The van der Waals surface area contributed by atoms with E-state index in [0.717, 1.165) is 18.0 Å². The molecule has 0 aliphatic heterocycles. The van der Waals surface area contributed by atoms with Gasteiger partial charge in [-0.2, -0.15) is 5.10 Å². The molecular formula is C18H25N3. The first-order valence-electron chi connectivity index (χ1n) is 8.03. The topological polar surface area (TPSA) is 29.9 Å². The summed E-state index contributed by atoms with van der Waals surface area (Å²) < 4.78 is 2.03. The zero-order valence-electron chi connectivity index (χ0n) is 13.3. The molecule has 0 saturated heterocycles. The number of hydrogen-bond acceptors (Lipinski definition) is 2. The normalized spacial score (nSPS) is 16.7. The number of aromatic nitrogens is 2. The van der Waals surface area contributed by atoms with Gasteiger partial charge in [-0.1, -0.05) is 37.6 Å². The highest BCUT2D eigenvalue weighted by atomic mass is 15.3. The van der Waals surface area contributed by atoms with Crippen molar-refractivity contribution in [2.75, 3.05) is 7.05 Å². The summed E-state index contributed by atoms with van der Waals surface area (Å²) in [6.07, 6.45) is 5.02. The highest BCUT2D eigenvalue weighted by molar-refractivity contribution is 5.38. The van der Waals surface area contributed by atoms with Crippen molar-refractivity contribution in [3.63, 3.8) is 0 Å². The fourth-order valence-electron chi connectivity index (χ4n) is 3.31. The lowest BCUT2D eigenvalue weighted by Gasteiger charge is -2.30. The molecular weight excluding hydrogens is 258 g/mol. The standard InChI is InChI=1S/C18H25N3/c1-4-14-12-17(21(3)20-14)18(19-2)16-11-6-5-10-15(16)13-8-7-9-13/h5-6,10-13,18-19H,4,7-9H2,1-3H3. The van der Waals surface area contributed by atoms with Gasteiger partial charge in [0.15, 0.2) is 0 Å². The molecule has 1 saturated carbocycles. The van der Waals surface area contributed by atoms with Gasteiger partial charge in [0, 0.05) is 7.05 Å². The molecule has 1 fully saturated rings. The lowest BCUT2D eigenvalue weighted by atomic mass is 9.77. The molecule has 0 radical (unpaired) electrons. The molecule has 1 heterocycles. The first kappa shape index (κ1) is 14.3. The number of nitrogens with one attached hydrogen (secondary N) is 1. The molecule has 3 nitrogen and oxygen atoms in total. The number of hydrogen-bond donors (Lipinski definition) is 1. The molecule has 3 heteroatoms. The van der Waals surface area contributed by atoms with E-state index in [1.54, 1.807) is 0 Å². The van der Waals surface area contributed by atoms with Crippen molar-refractivity contribution >= 4 is 0 Å². The fraction of sp³-hybridized carbons (Fsp3) is 0.500. The molecule has 1 aliphatic carbocycles. The molecule has 3 rings (SSSR count). The van der Waals surface area contributed by atoms with Crippen molar-refractivity contribution < 1.29 is 0 Å². The van der Waals surface area contributed by atoms with Gasteiger partial charge in [0.05, 0.1) is 17.4 Å². The minimum Gasteiger partial charge on any atom is -0.308 e. The van der Waals surface area contributed by atoms with Gasteiger partial charge in [-0.25, -0.2) is 0 Å². The van der Waals surface area contributed by atoms with Crippen molar-refractivity contribution in [1.82, 2.24) is 15.1 Å². The SMILES string of the molecule is CCc1cc(C(NC)c2ccccc2C2CCC2)n(C)n1. The molecule has 2 aromatic rings. The van der Waals surface area contributed by atoms with Gasteiger partial charge < -0.3 is 5.32 Å². The van der Waals surface area contributed by atoms with E-state index < -0.39 is 0 Å². The van der Waals surface area contributed by atoms with Crippen molar-refractivity contribution in [3.05, 3.63) is 52.8 Å². The van der Waals surface area contributed by atoms with Crippen molar-refractivity contribution in [2.24, 2.45) is 7.05 Å². The van der Waals surface area contributed by atoms with Crippen LogP contribution >= 0.6 is 0 Å². The molecule has 0 bridgehead atoms. The van der Waals surface area contributed by atoms with Gasteiger partial charge in [0.2, 0.25) is 0 Å². The second-order valence-electron chi connectivity index (χ2n) is 6.02. The summed E-state index contributed by atoms with van der Waals surface area (Å²) in [6, 6.07) is 11.4. The van der Waals surface area contributed by atoms with Gasteiger partial charge >= 0.3 is 0 Å². The molecule has 1 atom stereocenters. The van der Waals surface area contributed by atoms with E-state index >= 15 is 0 Å². The summed E-state index contributed by atoms with van der Waals surface area (Å²) in [5, 5.41) is 8.10. The number of nitrogens with zero attached hydrogens (tertiary/aromatic N) is 2. The van der Waals surface area contributed by atoms with Crippen molar-refractivity contribution in [3.8, 4) is 0 Å².